The fraction of sp³-hybridized carbons (Fsp3) is 0. The zero-order valence-corrected chi connectivity index (χ0v) is 10.9. The van der Waals surface area contributed by atoms with E-state index in [1.54, 1.807) is 48.5 Å². The summed E-state index contributed by atoms with van der Waals surface area (Å²) in [7, 11) is 0. The molecule has 0 saturated carbocycles. The van der Waals surface area contributed by atoms with E-state index in [2.05, 4.69) is 0 Å². The minimum atomic E-state index is -1.27. The summed E-state index contributed by atoms with van der Waals surface area (Å²) in [5.41, 5.74) is 0.731. The summed E-state index contributed by atoms with van der Waals surface area (Å²) >= 11 is 0. The van der Waals surface area contributed by atoms with Crippen LogP contribution in [0.5, 0.6) is 0 Å². The fourth-order valence-electron chi connectivity index (χ4n) is 2.50. The number of fused-ring (bicyclic) bond motifs is 1. The summed E-state index contributed by atoms with van der Waals surface area (Å²) in [5.74, 6) is -1.27. The number of benzene rings is 2. The molecule has 0 fully saturated rings. The monoisotopic (exact) mass is 284 g/mol. The van der Waals surface area contributed by atoms with Crippen molar-refractivity contribution >= 4 is 22.6 Å². The molecule has 0 aliphatic carbocycles. The standard InChI is InChI=1S/C15H12N2O4/c18-15(19)14-13(17(20)21)11-8-4-5-9-12(11)16(14)10-6-2-1-3-7-10/h1-9,17,20H,(H,18,19). The molecular weight excluding hydrogens is 272 g/mol. The van der Waals surface area contributed by atoms with Gasteiger partial charge in [0.05, 0.1) is 10.9 Å². The molecule has 0 bridgehead atoms. The Morgan fingerprint density at radius 2 is 1.67 bits per heavy atom. The van der Waals surface area contributed by atoms with E-state index in [-0.39, 0.29) is 11.4 Å². The first-order valence-corrected chi connectivity index (χ1v) is 6.26. The zero-order valence-electron chi connectivity index (χ0n) is 10.9. The topological polar surface area (TPSA) is 90.0 Å². The molecule has 0 aliphatic heterocycles. The average molecular weight is 284 g/mol. The highest BCUT2D eigenvalue weighted by Gasteiger charge is 2.28. The van der Waals surface area contributed by atoms with Crippen molar-refractivity contribution in [1.29, 1.82) is 0 Å². The van der Waals surface area contributed by atoms with Gasteiger partial charge in [0.1, 0.15) is 0 Å². The molecule has 0 saturated heterocycles. The molecule has 0 radical (unpaired) electrons. The quantitative estimate of drug-likeness (QED) is 0.639. The molecule has 1 heterocycles. The average Bonchev–Trinajstić information content (AvgIpc) is 2.83. The van der Waals surface area contributed by atoms with Gasteiger partial charge in [-0.3, -0.25) is 4.57 Å². The first kappa shape index (κ1) is 13.3. The minimum Gasteiger partial charge on any atom is -0.595 e. The maximum atomic E-state index is 11.6. The Hall–Kier alpha value is -2.67. The minimum absolute atomic E-state index is 0.193. The van der Waals surface area contributed by atoms with Crippen LogP contribution in [0.3, 0.4) is 0 Å². The second-order valence-corrected chi connectivity index (χ2v) is 4.52. The number of nitrogens with one attached hydrogen (secondary N) is 1. The third-order valence-corrected chi connectivity index (χ3v) is 3.31. The Balaban J connectivity index is 2.48. The van der Waals surface area contributed by atoms with Gasteiger partial charge in [-0.2, -0.15) is 5.23 Å². The number of hydrogen-bond acceptors (Lipinski definition) is 3. The van der Waals surface area contributed by atoms with E-state index < -0.39 is 11.2 Å². The Bertz CT molecular complexity index is 809. The Morgan fingerprint density at radius 1 is 1.05 bits per heavy atom. The molecule has 6 nitrogen and oxygen atoms in total. The number of quaternary nitrogens is 1. The summed E-state index contributed by atoms with van der Waals surface area (Å²) in [6.07, 6.45) is 0. The number of nitrogens with zero attached hydrogens (tertiary/aromatic N) is 1. The van der Waals surface area contributed by atoms with E-state index in [0.717, 1.165) is 0 Å². The highest BCUT2D eigenvalue weighted by Crippen LogP contribution is 2.31. The Kier molecular flexibility index (Phi) is 3.19. The van der Waals surface area contributed by atoms with Crippen LogP contribution in [0.1, 0.15) is 10.5 Å². The first-order chi connectivity index (χ1) is 10.1. The maximum Gasteiger partial charge on any atom is 0.359 e. The van der Waals surface area contributed by atoms with Crippen LogP contribution >= 0.6 is 0 Å². The SMILES string of the molecule is O=C(O)c1c([NH+]([O-])O)c2ccccc2n1-c1ccccc1. The highest BCUT2D eigenvalue weighted by atomic mass is 16.8. The smallest absolute Gasteiger partial charge is 0.359 e. The van der Waals surface area contributed by atoms with Crippen molar-refractivity contribution in [2.45, 2.75) is 0 Å². The number of rotatable bonds is 3. The van der Waals surface area contributed by atoms with E-state index in [4.69, 9.17) is 0 Å². The van der Waals surface area contributed by atoms with Crippen LogP contribution in [-0.4, -0.2) is 20.9 Å². The van der Waals surface area contributed by atoms with Gasteiger partial charge in [0.25, 0.3) is 0 Å². The van der Waals surface area contributed by atoms with Gasteiger partial charge in [0, 0.05) is 5.69 Å². The number of hydrogen-bond donors (Lipinski definition) is 3. The van der Waals surface area contributed by atoms with Crippen molar-refractivity contribution in [1.82, 2.24) is 4.57 Å². The van der Waals surface area contributed by atoms with Crippen molar-refractivity contribution in [3.05, 3.63) is 65.5 Å². The molecule has 6 heteroatoms. The van der Waals surface area contributed by atoms with Gasteiger partial charge in [0.2, 0.25) is 5.69 Å². The lowest BCUT2D eigenvalue weighted by molar-refractivity contribution is -0.990. The van der Waals surface area contributed by atoms with Crippen LogP contribution in [0.4, 0.5) is 5.69 Å². The van der Waals surface area contributed by atoms with Crippen molar-refractivity contribution < 1.29 is 20.3 Å². The van der Waals surface area contributed by atoms with Gasteiger partial charge >= 0.3 is 5.97 Å². The molecule has 21 heavy (non-hydrogen) atoms. The van der Waals surface area contributed by atoms with E-state index >= 15 is 0 Å². The lowest BCUT2D eigenvalue weighted by Crippen LogP contribution is -2.99. The van der Waals surface area contributed by atoms with Crippen LogP contribution in [0.25, 0.3) is 16.6 Å². The van der Waals surface area contributed by atoms with Crippen molar-refractivity contribution in [3.63, 3.8) is 0 Å². The van der Waals surface area contributed by atoms with Gasteiger partial charge in [-0.05, 0) is 24.3 Å². The van der Waals surface area contributed by atoms with Crippen molar-refractivity contribution in [2.75, 3.05) is 0 Å². The molecule has 3 aromatic rings. The number of carbonyl (C=O) groups is 1. The zero-order chi connectivity index (χ0) is 15.0. The van der Waals surface area contributed by atoms with E-state index in [0.29, 0.717) is 16.6 Å². The van der Waals surface area contributed by atoms with Gasteiger partial charge < -0.3 is 10.3 Å². The predicted octanol–water partition coefficient (Wildman–Crippen LogP) is 1.73. The number of aromatic carboxylic acids is 1. The van der Waals surface area contributed by atoms with Gasteiger partial charge in [0.15, 0.2) is 5.69 Å². The van der Waals surface area contributed by atoms with Crippen molar-refractivity contribution in [3.8, 4) is 5.69 Å². The second kappa shape index (κ2) is 5.02. The lowest BCUT2D eigenvalue weighted by atomic mass is 10.2. The summed E-state index contributed by atoms with van der Waals surface area (Å²) in [5, 5.41) is 29.5. The molecule has 3 N–H and O–H groups in total. The number of carboxylic acid groups (broad SMARTS) is 1. The molecule has 3 rings (SSSR count). The molecule has 0 aliphatic rings. The highest BCUT2D eigenvalue weighted by molar-refractivity contribution is 6.04. The number of aromatic nitrogens is 1. The second-order valence-electron chi connectivity index (χ2n) is 4.52. The molecule has 2 aromatic carbocycles. The molecule has 0 amide bonds. The maximum absolute atomic E-state index is 11.6. The van der Waals surface area contributed by atoms with E-state index in [1.807, 2.05) is 6.07 Å². The van der Waals surface area contributed by atoms with Crippen molar-refractivity contribution in [2.24, 2.45) is 0 Å². The summed E-state index contributed by atoms with van der Waals surface area (Å²) in [6, 6.07) is 15.6. The molecular formula is C15H12N2O4. The summed E-state index contributed by atoms with van der Waals surface area (Å²) < 4.78 is 1.46. The first-order valence-electron chi connectivity index (χ1n) is 6.26. The van der Waals surface area contributed by atoms with E-state index in [9.17, 15) is 20.3 Å². The lowest BCUT2D eigenvalue weighted by Gasteiger charge is -2.12. The van der Waals surface area contributed by atoms with Crippen LogP contribution in [0, 0.1) is 5.21 Å². The molecule has 1 aromatic heterocycles. The van der Waals surface area contributed by atoms with Crippen LogP contribution in [0.2, 0.25) is 0 Å². The number of para-hydroxylation sites is 2. The normalized spacial score (nSPS) is 12.5. The summed E-state index contributed by atoms with van der Waals surface area (Å²) in [4.78, 5) is 11.6. The molecule has 0 spiro atoms. The number of carboxylic acids is 1. The Morgan fingerprint density at radius 3 is 2.29 bits per heavy atom. The van der Waals surface area contributed by atoms with Crippen LogP contribution < -0.4 is 5.23 Å². The van der Waals surface area contributed by atoms with Gasteiger partial charge in [-0.25, -0.2) is 10.0 Å². The van der Waals surface area contributed by atoms with E-state index in [1.165, 1.54) is 4.57 Å². The van der Waals surface area contributed by atoms with Crippen LogP contribution in [0.15, 0.2) is 54.6 Å². The van der Waals surface area contributed by atoms with Gasteiger partial charge in [-0.15, -0.1) is 0 Å². The molecule has 106 valence electrons. The van der Waals surface area contributed by atoms with Crippen LogP contribution in [-0.2, 0) is 0 Å². The molecule has 1 unspecified atom stereocenters. The Labute approximate surface area is 119 Å². The third kappa shape index (κ3) is 2.07. The third-order valence-electron chi connectivity index (χ3n) is 3.31. The molecule has 1 atom stereocenters. The predicted molar refractivity (Wildman–Crippen MR) is 76.0 cm³/mol. The fourth-order valence-corrected chi connectivity index (χ4v) is 2.50. The van der Waals surface area contributed by atoms with Gasteiger partial charge in [-0.1, -0.05) is 30.3 Å². The summed E-state index contributed by atoms with van der Waals surface area (Å²) in [6.45, 7) is 0. The largest absolute Gasteiger partial charge is 0.595 e.